The molecular weight excluding hydrogens is 221 g/mol. The lowest BCUT2D eigenvalue weighted by Gasteiger charge is -2.19. The van der Waals surface area contributed by atoms with E-state index in [-0.39, 0.29) is 10.6 Å². The first-order valence-corrected chi connectivity index (χ1v) is 5.58. The molecule has 76 valence electrons. The SMILES string of the molecule is Clc1nc(Cl)nc(C2CCCCC2)n1. The summed E-state index contributed by atoms with van der Waals surface area (Å²) in [5.74, 6) is 1.18. The highest BCUT2D eigenvalue weighted by molar-refractivity contribution is 6.31. The Morgan fingerprint density at radius 3 is 2.00 bits per heavy atom. The van der Waals surface area contributed by atoms with Crippen molar-refractivity contribution in [2.24, 2.45) is 0 Å². The largest absolute Gasteiger partial charge is 0.226 e. The number of rotatable bonds is 1. The van der Waals surface area contributed by atoms with Crippen LogP contribution in [0.1, 0.15) is 43.8 Å². The summed E-state index contributed by atoms with van der Waals surface area (Å²) in [5.41, 5.74) is 0. The zero-order chi connectivity index (χ0) is 9.97. The molecule has 1 saturated carbocycles. The van der Waals surface area contributed by atoms with E-state index in [2.05, 4.69) is 15.0 Å². The minimum atomic E-state index is 0.200. The lowest BCUT2D eigenvalue weighted by atomic mass is 9.89. The van der Waals surface area contributed by atoms with E-state index in [1.54, 1.807) is 0 Å². The van der Waals surface area contributed by atoms with E-state index in [0.717, 1.165) is 18.7 Å². The second-order valence-corrected chi connectivity index (χ2v) is 4.24. The predicted octanol–water partition coefficient (Wildman–Crippen LogP) is 3.23. The van der Waals surface area contributed by atoms with Crippen LogP contribution in [-0.4, -0.2) is 15.0 Å². The summed E-state index contributed by atoms with van der Waals surface area (Å²) in [5, 5.41) is 0.399. The van der Waals surface area contributed by atoms with Crippen LogP contribution in [0.25, 0.3) is 0 Å². The van der Waals surface area contributed by atoms with Gasteiger partial charge in [0, 0.05) is 5.92 Å². The van der Waals surface area contributed by atoms with E-state index in [4.69, 9.17) is 23.2 Å². The number of nitrogens with zero attached hydrogens (tertiary/aromatic N) is 3. The van der Waals surface area contributed by atoms with Gasteiger partial charge in [0.1, 0.15) is 5.82 Å². The van der Waals surface area contributed by atoms with Crippen LogP contribution < -0.4 is 0 Å². The summed E-state index contributed by atoms with van der Waals surface area (Å²) in [7, 11) is 0. The molecule has 0 saturated heterocycles. The molecule has 0 aliphatic heterocycles. The van der Waals surface area contributed by atoms with E-state index >= 15 is 0 Å². The Balaban J connectivity index is 2.21. The van der Waals surface area contributed by atoms with Crippen molar-refractivity contribution in [1.82, 2.24) is 15.0 Å². The summed E-state index contributed by atoms with van der Waals surface area (Å²) >= 11 is 11.4. The van der Waals surface area contributed by atoms with E-state index in [9.17, 15) is 0 Å². The van der Waals surface area contributed by atoms with Crippen LogP contribution in [-0.2, 0) is 0 Å². The number of hydrogen-bond donors (Lipinski definition) is 0. The number of halogens is 2. The molecule has 0 aromatic carbocycles. The van der Waals surface area contributed by atoms with E-state index in [0.29, 0.717) is 5.92 Å². The molecule has 0 atom stereocenters. The molecule has 2 rings (SSSR count). The molecule has 1 aliphatic carbocycles. The van der Waals surface area contributed by atoms with Gasteiger partial charge in [-0.2, -0.15) is 4.98 Å². The lowest BCUT2D eigenvalue weighted by molar-refractivity contribution is 0.427. The first-order chi connectivity index (χ1) is 6.75. The molecule has 1 aromatic heterocycles. The fourth-order valence-corrected chi connectivity index (χ4v) is 2.26. The van der Waals surface area contributed by atoms with Gasteiger partial charge in [-0.1, -0.05) is 19.3 Å². The average Bonchev–Trinajstić information content (AvgIpc) is 2.18. The minimum Gasteiger partial charge on any atom is -0.202 e. The van der Waals surface area contributed by atoms with Gasteiger partial charge >= 0.3 is 0 Å². The van der Waals surface area contributed by atoms with Crippen molar-refractivity contribution >= 4 is 23.2 Å². The fourth-order valence-electron chi connectivity index (χ4n) is 1.88. The van der Waals surface area contributed by atoms with Crippen LogP contribution in [0.4, 0.5) is 0 Å². The molecule has 1 aromatic rings. The van der Waals surface area contributed by atoms with Crippen LogP contribution in [0.15, 0.2) is 0 Å². The molecular formula is C9H11Cl2N3. The van der Waals surface area contributed by atoms with Gasteiger partial charge in [0.05, 0.1) is 0 Å². The Labute approximate surface area is 92.9 Å². The van der Waals surface area contributed by atoms with Crippen LogP contribution in [0.3, 0.4) is 0 Å². The number of hydrogen-bond acceptors (Lipinski definition) is 3. The first kappa shape index (κ1) is 10.1. The molecule has 14 heavy (non-hydrogen) atoms. The molecule has 0 radical (unpaired) electrons. The van der Waals surface area contributed by atoms with Gasteiger partial charge in [-0.05, 0) is 36.0 Å². The highest BCUT2D eigenvalue weighted by Crippen LogP contribution is 2.31. The van der Waals surface area contributed by atoms with Gasteiger partial charge < -0.3 is 0 Å². The molecule has 0 unspecified atom stereocenters. The summed E-state index contributed by atoms with van der Waals surface area (Å²) in [4.78, 5) is 12.0. The van der Waals surface area contributed by atoms with Gasteiger partial charge in [-0.15, -0.1) is 0 Å². The maximum Gasteiger partial charge on any atom is 0.226 e. The molecule has 0 bridgehead atoms. The van der Waals surface area contributed by atoms with Crippen molar-refractivity contribution in [2.75, 3.05) is 0 Å². The summed E-state index contributed by atoms with van der Waals surface area (Å²) < 4.78 is 0. The van der Waals surface area contributed by atoms with E-state index in [1.807, 2.05) is 0 Å². The maximum absolute atomic E-state index is 5.72. The zero-order valence-corrected chi connectivity index (χ0v) is 9.22. The Morgan fingerprint density at radius 2 is 1.43 bits per heavy atom. The average molecular weight is 232 g/mol. The Bertz CT molecular complexity index is 304. The molecule has 0 spiro atoms. The monoisotopic (exact) mass is 231 g/mol. The topological polar surface area (TPSA) is 38.7 Å². The van der Waals surface area contributed by atoms with Crippen LogP contribution in [0, 0.1) is 0 Å². The predicted molar refractivity (Wildman–Crippen MR) is 55.7 cm³/mol. The van der Waals surface area contributed by atoms with E-state index in [1.165, 1.54) is 19.3 Å². The molecule has 0 N–H and O–H groups in total. The van der Waals surface area contributed by atoms with Gasteiger partial charge in [0.15, 0.2) is 0 Å². The quantitative estimate of drug-likeness (QED) is 0.746. The van der Waals surface area contributed by atoms with Crippen molar-refractivity contribution in [2.45, 2.75) is 38.0 Å². The first-order valence-electron chi connectivity index (χ1n) is 4.82. The van der Waals surface area contributed by atoms with Crippen molar-refractivity contribution in [3.05, 3.63) is 16.4 Å². The van der Waals surface area contributed by atoms with Gasteiger partial charge in [0.25, 0.3) is 0 Å². The molecule has 3 nitrogen and oxygen atoms in total. The zero-order valence-electron chi connectivity index (χ0n) is 7.71. The van der Waals surface area contributed by atoms with Crippen LogP contribution >= 0.6 is 23.2 Å². The van der Waals surface area contributed by atoms with Gasteiger partial charge in [0.2, 0.25) is 10.6 Å². The Kier molecular flexibility index (Phi) is 3.19. The van der Waals surface area contributed by atoms with E-state index < -0.39 is 0 Å². The molecule has 5 heteroatoms. The standard InChI is InChI=1S/C9H11Cl2N3/c10-8-12-7(13-9(11)14-8)6-4-2-1-3-5-6/h6H,1-5H2. The van der Waals surface area contributed by atoms with Gasteiger partial charge in [-0.3, -0.25) is 0 Å². The summed E-state index contributed by atoms with van der Waals surface area (Å²) in [6, 6.07) is 0. The van der Waals surface area contributed by atoms with Crippen molar-refractivity contribution in [3.63, 3.8) is 0 Å². The minimum absolute atomic E-state index is 0.200. The molecule has 1 heterocycles. The third-order valence-electron chi connectivity index (χ3n) is 2.57. The second-order valence-electron chi connectivity index (χ2n) is 3.57. The smallest absolute Gasteiger partial charge is 0.202 e. The summed E-state index contributed by atoms with van der Waals surface area (Å²) in [6.07, 6.45) is 6.06. The highest BCUT2D eigenvalue weighted by atomic mass is 35.5. The Hall–Kier alpha value is -0.410. The van der Waals surface area contributed by atoms with Crippen LogP contribution in [0.2, 0.25) is 10.6 Å². The van der Waals surface area contributed by atoms with Crippen molar-refractivity contribution in [1.29, 1.82) is 0 Å². The van der Waals surface area contributed by atoms with Crippen molar-refractivity contribution in [3.8, 4) is 0 Å². The Morgan fingerprint density at radius 1 is 0.857 bits per heavy atom. The fraction of sp³-hybridized carbons (Fsp3) is 0.667. The third kappa shape index (κ3) is 2.34. The summed E-state index contributed by atoms with van der Waals surface area (Å²) in [6.45, 7) is 0. The molecule has 0 amide bonds. The second kappa shape index (κ2) is 4.41. The lowest BCUT2D eigenvalue weighted by Crippen LogP contribution is -2.09. The highest BCUT2D eigenvalue weighted by Gasteiger charge is 2.19. The maximum atomic E-state index is 5.72. The third-order valence-corrected chi connectivity index (χ3v) is 2.91. The normalized spacial score (nSPS) is 18.4. The number of aromatic nitrogens is 3. The van der Waals surface area contributed by atoms with Crippen LogP contribution in [0.5, 0.6) is 0 Å². The molecule has 1 aliphatic rings. The van der Waals surface area contributed by atoms with Gasteiger partial charge in [-0.25, -0.2) is 9.97 Å². The molecule has 1 fully saturated rings. The van der Waals surface area contributed by atoms with Crippen molar-refractivity contribution < 1.29 is 0 Å².